The Labute approximate surface area is 152 Å². The zero-order valence-electron chi connectivity index (χ0n) is 14.1. The maximum atomic E-state index is 12.3. The van der Waals surface area contributed by atoms with Gasteiger partial charge in [-0.2, -0.15) is 0 Å². The van der Waals surface area contributed by atoms with E-state index in [0.717, 1.165) is 11.3 Å². The molecule has 2 aromatic carbocycles. The molecule has 0 aliphatic carbocycles. The van der Waals surface area contributed by atoms with Crippen molar-refractivity contribution in [2.45, 2.75) is 17.9 Å². The van der Waals surface area contributed by atoms with E-state index >= 15 is 0 Å². The predicted octanol–water partition coefficient (Wildman–Crippen LogP) is 2.94. The quantitative estimate of drug-likeness (QED) is 0.614. The van der Waals surface area contributed by atoms with Gasteiger partial charge in [-0.3, -0.25) is 9.59 Å². The van der Waals surface area contributed by atoms with Crippen LogP contribution < -0.4 is 5.32 Å². The first-order valence-electron chi connectivity index (χ1n) is 8.49. The molecule has 1 atom stereocenters. The first-order chi connectivity index (χ1) is 12.2. The average Bonchev–Trinajstić information content (AvgIpc) is 3.01. The van der Waals surface area contributed by atoms with Gasteiger partial charge in [0.05, 0.1) is 5.92 Å². The summed E-state index contributed by atoms with van der Waals surface area (Å²) in [7, 11) is 0. The number of carbonyl (C=O) groups is 2. The van der Waals surface area contributed by atoms with Crippen molar-refractivity contribution in [2.75, 3.05) is 18.8 Å². The summed E-state index contributed by atoms with van der Waals surface area (Å²) in [6.07, 6.45) is 0.310. The highest BCUT2D eigenvalue weighted by Crippen LogP contribution is 2.21. The van der Waals surface area contributed by atoms with E-state index in [2.05, 4.69) is 17.4 Å². The molecular weight excluding hydrogens is 332 g/mol. The standard InChI is InChI=1S/C20H22N2O2S/c23-19-13-17(15-22(19)14-16-7-3-1-4-8-16)20(24)21-11-12-25-18-9-5-2-6-10-18/h1-10,17H,11-15H2,(H,21,24). The number of hydrogen-bond donors (Lipinski definition) is 1. The van der Waals surface area contributed by atoms with Crippen LogP contribution in [0.4, 0.5) is 0 Å². The van der Waals surface area contributed by atoms with Gasteiger partial charge in [0.1, 0.15) is 0 Å². The number of carbonyl (C=O) groups excluding carboxylic acids is 2. The first kappa shape index (κ1) is 17.5. The summed E-state index contributed by atoms with van der Waals surface area (Å²) >= 11 is 1.72. The Hall–Kier alpha value is -2.27. The van der Waals surface area contributed by atoms with Crippen molar-refractivity contribution in [1.82, 2.24) is 10.2 Å². The van der Waals surface area contributed by atoms with Crippen LogP contribution >= 0.6 is 11.8 Å². The number of benzene rings is 2. The minimum absolute atomic E-state index is 0.0161. The van der Waals surface area contributed by atoms with Crippen molar-refractivity contribution in [1.29, 1.82) is 0 Å². The van der Waals surface area contributed by atoms with Crippen LogP contribution in [0.1, 0.15) is 12.0 Å². The van der Waals surface area contributed by atoms with Gasteiger partial charge in [-0.1, -0.05) is 48.5 Å². The molecule has 0 spiro atoms. The lowest BCUT2D eigenvalue weighted by Crippen LogP contribution is -2.34. The third kappa shape index (κ3) is 5.10. The van der Waals surface area contributed by atoms with E-state index in [9.17, 15) is 9.59 Å². The Kier molecular flexibility index (Phi) is 6.12. The van der Waals surface area contributed by atoms with Gasteiger partial charge >= 0.3 is 0 Å². The molecule has 0 aromatic heterocycles. The van der Waals surface area contributed by atoms with Crippen LogP contribution in [0.3, 0.4) is 0 Å². The lowest BCUT2D eigenvalue weighted by molar-refractivity contribution is -0.129. The van der Waals surface area contributed by atoms with E-state index in [1.807, 2.05) is 48.5 Å². The maximum absolute atomic E-state index is 12.3. The normalized spacial score (nSPS) is 16.9. The molecular formula is C20H22N2O2S. The van der Waals surface area contributed by atoms with E-state index in [0.29, 0.717) is 26.1 Å². The van der Waals surface area contributed by atoms with Gasteiger partial charge in [0, 0.05) is 36.7 Å². The molecule has 2 amide bonds. The molecule has 4 nitrogen and oxygen atoms in total. The number of nitrogens with zero attached hydrogens (tertiary/aromatic N) is 1. The monoisotopic (exact) mass is 354 g/mol. The molecule has 1 aliphatic heterocycles. The van der Waals surface area contributed by atoms with E-state index in [-0.39, 0.29) is 17.7 Å². The summed E-state index contributed by atoms with van der Waals surface area (Å²) in [5, 5.41) is 2.96. The van der Waals surface area contributed by atoms with Crippen molar-refractivity contribution in [2.24, 2.45) is 5.92 Å². The molecule has 1 heterocycles. The molecule has 5 heteroatoms. The Balaban J connectivity index is 1.41. The van der Waals surface area contributed by atoms with Gasteiger partial charge in [-0.25, -0.2) is 0 Å². The maximum Gasteiger partial charge on any atom is 0.225 e. The molecule has 3 rings (SSSR count). The summed E-state index contributed by atoms with van der Waals surface area (Å²) in [5.74, 6) is 0.627. The lowest BCUT2D eigenvalue weighted by Gasteiger charge is -2.16. The van der Waals surface area contributed by atoms with Gasteiger partial charge in [-0.15, -0.1) is 11.8 Å². The van der Waals surface area contributed by atoms with Gasteiger partial charge < -0.3 is 10.2 Å². The van der Waals surface area contributed by atoms with Gasteiger partial charge in [0.2, 0.25) is 11.8 Å². The molecule has 25 heavy (non-hydrogen) atoms. The number of amides is 2. The van der Waals surface area contributed by atoms with Crippen LogP contribution in [0.25, 0.3) is 0 Å². The largest absolute Gasteiger partial charge is 0.355 e. The van der Waals surface area contributed by atoms with E-state index in [4.69, 9.17) is 0 Å². The number of rotatable bonds is 7. The fraction of sp³-hybridized carbons (Fsp3) is 0.300. The third-order valence-electron chi connectivity index (χ3n) is 4.21. The van der Waals surface area contributed by atoms with Crippen LogP contribution in [-0.2, 0) is 16.1 Å². The second kappa shape index (κ2) is 8.72. The highest BCUT2D eigenvalue weighted by Gasteiger charge is 2.33. The van der Waals surface area contributed by atoms with Crippen molar-refractivity contribution in [3.63, 3.8) is 0 Å². The number of thioether (sulfide) groups is 1. The van der Waals surface area contributed by atoms with E-state index < -0.39 is 0 Å². The summed E-state index contributed by atoms with van der Waals surface area (Å²) in [6, 6.07) is 20.0. The number of likely N-dealkylation sites (tertiary alicyclic amines) is 1. The molecule has 1 N–H and O–H groups in total. The minimum atomic E-state index is -0.238. The number of nitrogens with one attached hydrogen (secondary N) is 1. The Bertz CT molecular complexity index is 706. The SMILES string of the molecule is O=C(NCCSc1ccccc1)C1CC(=O)N(Cc2ccccc2)C1. The Morgan fingerprint density at radius 1 is 1.08 bits per heavy atom. The van der Waals surface area contributed by atoms with Crippen LogP contribution in [0.15, 0.2) is 65.6 Å². The van der Waals surface area contributed by atoms with Gasteiger partial charge in [-0.05, 0) is 17.7 Å². The fourth-order valence-corrected chi connectivity index (χ4v) is 3.70. The molecule has 1 aliphatic rings. The molecule has 0 saturated carbocycles. The smallest absolute Gasteiger partial charge is 0.225 e. The molecule has 1 saturated heterocycles. The van der Waals surface area contributed by atoms with Crippen LogP contribution in [0, 0.1) is 5.92 Å². The fourth-order valence-electron chi connectivity index (χ4n) is 2.91. The molecule has 2 aromatic rings. The summed E-state index contributed by atoms with van der Waals surface area (Å²) < 4.78 is 0. The molecule has 130 valence electrons. The van der Waals surface area contributed by atoms with Gasteiger partial charge in [0.25, 0.3) is 0 Å². The summed E-state index contributed by atoms with van der Waals surface area (Å²) in [6.45, 7) is 1.69. The third-order valence-corrected chi connectivity index (χ3v) is 5.23. The highest BCUT2D eigenvalue weighted by atomic mass is 32.2. The number of hydrogen-bond acceptors (Lipinski definition) is 3. The Morgan fingerprint density at radius 2 is 1.76 bits per heavy atom. The summed E-state index contributed by atoms with van der Waals surface area (Å²) in [5.41, 5.74) is 1.09. The van der Waals surface area contributed by atoms with Crippen molar-refractivity contribution >= 4 is 23.6 Å². The van der Waals surface area contributed by atoms with Crippen LogP contribution in [0.2, 0.25) is 0 Å². The zero-order valence-corrected chi connectivity index (χ0v) is 14.9. The van der Waals surface area contributed by atoms with E-state index in [1.54, 1.807) is 16.7 Å². The van der Waals surface area contributed by atoms with E-state index in [1.165, 1.54) is 4.90 Å². The summed E-state index contributed by atoms with van der Waals surface area (Å²) in [4.78, 5) is 27.4. The van der Waals surface area contributed by atoms with Crippen molar-refractivity contribution in [3.8, 4) is 0 Å². The molecule has 1 fully saturated rings. The molecule has 1 unspecified atom stereocenters. The minimum Gasteiger partial charge on any atom is -0.355 e. The predicted molar refractivity (Wildman–Crippen MR) is 100 cm³/mol. The topological polar surface area (TPSA) is 49.4 Å². The van der Waals surface area contributed by atoms with Crippen LogP contribution in [-0.4, -0.2) is 35.6 Å². The second-order valence-corrected chi connectivity index (χ2v) is 7.28. The van der Waals surface area contributed by atoms with Crippen molar-refractivity contribution < 1.29 is 9.59 Å². The van der Waals surface area contributed by atoms with Crippen LogP contribution in [0.5, 0.6) is 0 Å². The average molecular weight is 354 g/mol. The van der Waals surface area contributed by atoms with Crippen molar-refractivity contribution in [3.05, 3.63) is 66.2 Å². The zero-order chi connectivity index (χ0) is 17.5. The molecule has 0 bridgehead atoms. The van der Waals surface area contributed by atoms with Gasteiger partial charge in [0.15, 0.2) is 0 Å². The molecule has 0 radical (unpaired) electrons. The Morgan fingerprint density at radius 3 is 2.48 bits per heavy atom. The second-order valence-electron chi connectivity index (χ2n) is 6.11. The highest BCUT2D eigenvalue weighted by molar-refractivity contribution is 7.99. The first-order valence-corrected chi connectivity index (χ1v) is 9.48. The lowest BCUT2D eigenvalue weighted by atomic mass is 10.1.